The molecular weight excluding hydrogens is 893 g/mol. The molecule has 0 radical (unpaired) electrons. The van der Waals surface area contributed by atoms with Crippen molar-refractivity contribution >= 4 is 52.9 Å². The van der Waals surface area contributed by atoms with Gasteiger partial charge < -0.3 is 45.5 Å². The zero-order chi connectivity index (χ0) is 49.6. The van der Waals surface area contributed by atoms with Crippen LogP contribution < -0.4 is 16.0 Å². The average molecular weight is 951 g/mol. The molecule has 3 saturated carbocycles. The number of nitrogens with zero attached hydrogens (tertiary/aromatic N) is 1. The Balaban J connectivity index is 0.920. The fourth-order valence-electron chi connectivity index (χ4n) is 11.9. The molecule has 69 heavy (non-hydrogen) atoms. The van der Waals surface area contributed by atoms with Gasteiger partial charge in [0, 0.05) is 40.2 Å². The number of aliphatic hydroxyl groups excluding tert-OH is 2. The van der Waals surface area contributed by atoms with Gasteiger partial charge in [0.2, 0.25) is 23.5 Å². The third-order valence-electron chi connectivity index (χ3n) is 15.2. The normalized spacial score (nSPS) is 31.6. The molecule has 1 unspecified atom stereocenters. The fraction of sp³-hybridized carbons (Fsp3) is 0.490. The summed E-state index contributed by atoms with van der Waals surface area (Å²) in [6.07, 6.45) is 6.24. The van der Waals surface area contributed by atoms with Gasteiger partial charge in [0.05, 0.1) is 31.2 Å². The number of carbonyl (C=O) groups excluding carboxylic acids is 7. The minimum Gasteiger partial charge on any atom is -0.481 e. The molecule has 366 valence electrons. The number of ketones is 1. The number of ether oxygens (including phenoxy) is 3. The number of carbonyl (C=O) groups is 8. The zero-order valence-electron chi connectivity index (χ0n) is 38.8. The number of rotatable bonds is 16. The number of benzene rings is 2. The highest BCUT2D eigenvalue weighted by Gasteiger charge is 2.76. The van der Waals surface area contributed by atoms with Crippen molar-refractivity contribution in [1.82, 2.24) is 15.5 Å². The number of aliphatic carboxylic acids is 1. The molecule has 5 amide bonds. The van der Waals surface area contributed by atoms with Gasteiger partial charge in [0.15, 0.2) is 18.5 Å². The Morgan fingerprint density at radius 1 is 0.913 bits per heavy atom. The second-order valence-corrected chi connectivity index (χ2v) is 19.6. The Hall–Kier alpha value is -6.34. The van der Waals surface area contributed by atoms with Crippen molar-refractivity contribution in [3.8, 4) is 0 Å². The van der Waals surface area contributed by atoms with E-state index in [1.54, 1.807) is 24.3 Å². The molecule has 0 spiro atoms. The molecule has 4 fully saturated rings. The van der Waals surface area contributed by atoms with Crippen LogP contribution in [-0.2, 0) is 59.0 Å². The first-order chi connectivity index (χ1) is 32.7. The van der Waals surface area contributed by atoms with E-state index in [0.717, 1.165) is 46.6 Å². The third-order valence-corrected chi connectivity index (χ3v) is 15.2. The minimum atomic E-state index is -1.61. The van der Waals surface area contributed by atoms with Crippen LogP contribution in [0.2, 0.25) is 0 Å². The molecule has 12 atom stereocenters. The summed E-state index contributed by atoms with van der Waals surface area (Å²) in [4.78, 5) is 101. The average Bonchev–Trinajstić information content (AvgIpc) is 3.93. The Labute approximate surface area is 398 Å². The van der Waals surface area contributed by atoms with Crippen molar-refractivity contribution in [2.45, 2.75) is 115 Å². The number of carboxylic acids is 1. The van der Waals surface area contributed by atoms with E-state index in [4.69, 9.17) is 19.3 Å². The maximum atomic E-state index is 14.7. The highest BCUT2D eigenvalue weighted by molar-refractivity contribution is 6.14. The number of fused-ring (bicyclic) bond motifs is 7. The number of Topliss-reactive ketones (excluding diaryl/α,β-unsaturated/α-hetero) is 1. The number of esters is 1. The van der Waals surface area contributed by atoms with Crippen molar-refractivity contribution in [2.24, 2.45) is 28.6 Å². The molecular formula is C51H58N4O14. The third kappa shape index (κ3) is 9.42. The smallest absolute Gasteiger partial charge is 0.306 e. The Bertz CT molecular complexity index is 2520. The zero-order valence-corrected chi connectivity index (χ0v) is 38.8. The van der Waals surface area contributed by atoms with E-state index in [9.17, 15) is 48.6 Å². The lowest BCUT2D eigenvalue weighted by molar-refractivity contribution is -0.202. The van der Waals surface area contributed by atoms with Crippen LogP contribution in [-0.4, -0.2) is 117 Å². The molecule has 2 aromatic rings. The van der Waals surface area contributed by atoms with Crippen LogP contribution in [0.3, 0.4) is 0 Å². The van der Waals surface area contributed by atoms with Crippen LogP contribution in [0.4, 0.5) is 5.69 Å². The van der Waals surface area contributed by atoms with Gasteiger partial charge in [0.25, 0.3) is 11.8 Å². The Morgan fingerprint density at radius 2 is 1.62 bits per heavy atom. The summed E-state index contributed by atoms with van der Waals surface area (Å²) in [6, 6.07) is 12.6. The van der Waals surface area contributed by atoms with Crippen molar-refractivity contribution < 1.29 is 67.9 Å². The quantitative estimate of drug-likeness (QED) is 0.0804. The van der Waals surface area contributed by atoms with Crippen molar-refractivity contribution in [3.05, 3.63) is 101 Å². The van der Waals surface area contributed by atoms with E-state index >= 15 is 0 Å². The van der Waals surface area contributed by atoms with Gasteiger partial charge in [-0.2, -0.15) is 0 Å². The monoisotopic (exact) mass is 950 g/mol. The fourth-order valence-corrected chi connectivity index (χ4v) is 11.9. The van der Waals surface area contributed by atoms with Gasteiger partial charge in [-0.05, 0) is 81.0 Å². The maximum Gasteiger partial charge on any atom is 0.306 e. The molecule has 2 heterocycles. The second-order valence-electron chi connectivity index (χ2n) is 19.6. The highest BCUT2D eigenvalue weighted by atomic mass is 16.7. The van der Waals surface area contributed by atoms with Crippen LogP contribution in [0.5, 0.6) is 0 Å². The minimum absolute atomic E-state index is 0.0152. The summed E-state index contributed by atoms with van der Waals surface area (Å²) in [5, 5.41) is 39.4. The molecule has 18 nitrogen and oxygen atoms in total. The number of anilines is 1. The van der Waals surface area contributed by atoms with Crippen molar-refractivity contribution in [2.75, 3.05) is 18.5 Å². The second kappa shape index (κ2) is 19.2. The van der Waals surface area contributed by atoms with E-state index < -0.39 is 126 Å². The summed E-state index contributed by atoms with van der Waals surface area (Å²) < 4.78 is 19.0. The van der Waals surface area contributed by atoms with Gasteiger partial charge >= 0.3 is 11.9 Å². The van der Waals surface area contributed by atoms with Gasteiger partial charge in [-0.1, -0.05) is 74.0 Å². The molecule has 0 aromatic heterocycles. The van der Waals surface area contributed by atoms with Crippen molar-refractivity contribution in [1.29, 1.82) is 0 Å². The number of allylic oxidation sites excluding steroid dienone is 2. The predicted octanol–water partition coefficient (Wildman–Crippen LogP) is 2.96. The van der Waals surface area contributed by atoms with Crippen LogP contribution in [0, 0.1) is 28.6 Å². The first-order valence-corrected chi connectivity index (χ1v) is 23.3. The first-order valence-electron chi connectivity index (χ1n) is 23.3. The molecule has 6 aliphatic rings. The van der Waals surface area contributed by atoms with E-state index in [1.165, 1.54) is 13.8 Å². The van der Waals surface area contributed by atoms with Gasteiger partial charge in [0.1, 0.15) is 18.6 Å². The number of amides is 5. The van der Waals surface area contributed by atoms with Gasteiger partial charge in [-0.3, -0.25) is 43.3 Å². The number of carboxylic acid groups (broad SMARTS) is 1. The lowest BCUT2D eigenvalue weighted by atomic mass is 9.46. The number of imide groups is 1. The summed E-state index contributed by atoms with van der Waals surface area (Å²) in [6.45, 7) is 5.76. The summed E-state index contributed by atoms with van der Waals surface area (Å²) in [5.41, 5.74) is 0.940. The molecule has 0 bridgehead atoms. The maximum absolute atomic E-state index is 14.7. The van der Waals surface area contributed by atoms with Crippen LogP contribution in [0.25, 0.3) is 0 Å². The van der Waals surface area contributed by atoms with E-state index in [1.807, 2.05) is 49.4 Å². The molecule has 8 rings (SSSR count). The SMILES string of the molecule is C[C@H](NC(=O)CN1C(=O)C=CC1=O)C(=O)N[C@@H](C)C(=O)Nc1cccc(Cc2ccc([C@@H]3O[C@@H]4C[C@H]5[C@@H]6CCC7=CC(O)C=C[C@]7(C)[C@H]6[C@@H](O)C[C@]5(C)[C@]4(C(=O)COC(=O)CCC(=O)O)O3)cc2)c1. The predicted molar refractivity (Wildman–Crippen MR) is 244 cm³/mol. The molecule has 2 aliphatic heterocycles. The standard InChI is InChI=1S/C51H58N4O14/c1-27(52-40(59)25-55-41(60)14-15-42(55)61)46(65)53-28(2)47(66)54-33-7-5-6-30(21-33)20-29-8-10-31(11-9-29)48-68-39-23-36-35-13-12-32-22-34(56)18-19-49(32,3)45(35)37(57)24-50(36,4)51(39,69-48)38(58)26-67-44(64)17-16-43(62)63/h5-11,14-15,18-19,21-22,27-28,34-37,39,45,48,56-57H,12-13,16-17,20,23-26H2,1-4H3,(H,52,59)(H,53,65)(H,54,66)(H,62,63)/t27-,28-,34?,35-,36-,37-,39+,45+,48+,49-,50-,51+/m0/s1. The summed E-state index contributed by atoms with van der Waals surface area (Å²) in [5.74, 6) is -5.96. The topological polar surface area (TPSA) is 264 Å². The van der Waals surface area contributed by atoms with Crippen molar-refractivity contribution in [3.63, 3.8) is 0 Å². The largest absolute Gasteiger partial charge is 0.481 e. The first kappa shape index (κ1) is 49.1. The lowest BCUT2D eigenvalue weighted by Crippen LogP contribution is -2.63. The number of hydrogen-bond donors (Lipinski definition) is 6. The highest BCUT2D eigenvalue weighted by Crippen LogP contribution is 2.70. The number of nitrogens with one attached hydrogen (secondary N) is 3. The number of hydrogen-bond acceptors (Lipinski definition) is 13. The molecule has 18 heteroatoms. The van der Waals surface area contributed by atoms with E-state index in [-0.39, 0.29) is 24.2 Å². The lowest BCUT2D eigenvalue weighted by Gasteiger charge is -2.60. The van der Waals surface area contributed by atoms with Gasteiger partial charge in [-0.25, -0.2) is 0 Å². The molecule has 1 saturated heterocycles. The molecule has 4 aliphatic carbocycles. The molecule has 6 N–H and O–H groups in total. The van der Waals surface area contributed by atoms with E-state index in [0.29, 0.717) is 24.1 Å². The van der Waals surface area contributed by atoms with E-state index in [2.05, 4.69) is 22.9 Å². The van der Waals surface area contributed by atoms with Crippen LogP contribution in [0.15, 0.2) is 84.5 Å². The van der Waals surface area contributed by atoms with Crippen LogP contribution >= 0.6 is 0 Å². The van der Waals surface area contributed by atoms with Gasteiger partial charge in [-0.15, -0.1) is 0 Å². The molecule has 2 aromatic carbocycles. The summed E-state index contributed by atoms with van der Waals surface area (Å²) >= 11 is 0. The Morgan fingerprint density at radius 3 is 2.33 bits per heavy atom. The van der Waals surface area contributed by atoms with Crippen LogP contribution in [0.1, 0.15) is 89.2 Å². The number of aliphatic hydroxyl groups is 2. The summed E-state index contributed by atoms with van der Waals surface area (Å²) in [7, 11) is 0. The Kier molecular flexibility index (Phi) is 13.7.